The molecule has 1 saturated heterocycles. The van der Waals surface area contributed by atoms with Gasteiger partial charge in [-0.15, -0.1) is 10.2 Å². The SMILES string of the molecule is O=C(CCC1CCCCC1)Nc1nnc([C@H]2CC(=O)N(c3ccccc3)C2)s1. The van der Waals surface area contributed by atoms with Crippen LogP contribution in [-0.4, -0.2) is 28.6 Å². The highest BCUT2D eigenvalue weighted by Gasteiger charge is 2.33. The number of carbonyl (C=O) groups excluding carboxylic acids is 2. The third kappa shape index (κ3) is 4.58. The highest BCUT2D eigenvalue weighted by molar-refractivity contribution is 7.15. The monoisotopic (exact) mass is 398 g/mol. The van der Waals surface area contributed by atoms with Gasteiger partial charge in [0.15, 0.2) is 0 Å². The normalized spacial score (nSPS) is 20.5. The van der Waals surface area contributed by atoms with Gasteiger partial charge in [0.1, 0.15) is 5.01 Å². The van der Waals surface area contributed by atoms with E-state index in [0.717, 1.165) is 17.1 Å². The number of anilines is 2. The maximum Gasteiger partial charge on any atom is 0.227 e. The number of benzene rings is 1. The van der Waals surface area contributed by atoms with E-state index < -0.39 is 0 Å². The molecule has 148 valence electrons. The summed E-state index contributed by atoms with van der Waals surface area (Å²) in [5.41, 5.74) is 0.913. The minimum atomic E-state index is 0.0154. The molecule has 1 aromatic carbocycles. The molecule has 7 heteroatoms. The molecule has 2 aliphatic rings. The lowest BCUT2D eigenvalue weighted by molar-refractivity contribution is -0.117. The molecule has 1 aromatic heterocycles. The molecule has 1 aliphatic carbocycles. The van der Waals surface area contributed by atoms with Crippen molar-refractivity contribution in [2.75, 3.05) is 16.8 Å². The first kappa shape index (κ1) is 19.1. The maximum atomic E-state index is 12.4. The van der Waals surface area contributed by atoms with Crippen molar-refractivity contribution in [3.05, 3.63) is 35.3 Å². The van der Waals surface area contributed by atoms with E-state index in [1.807, 2.05) is 30.3 Å². The summed E-state index contributed by atoms with van der Waals surface area (Å²) in [6, 6.07) is 9.69. The Balaban J connectivity index is 1.30. The molecule has 2 amide bonds. The third-order valence-electron chi connectivity index (χ3n) is 5.73. The maximum absolute atomic E-state index is 12.4. The lowest BCUT2D eigenvalue weighted by Crippen LogP contribution is -2.24. The van der Waals surface area contributed by atoms with Gasteiger partial charge in [-0.25, -0.2) is 0 Å². The van der Waals surface area contributed by atoms with Gasteiger partial charge in [0, 0.05) is 31.0 Å². The Kier molecular flexibility index (Phi) is 6.00. The summed E-state index contributed by atoms with van der Waals surface area (Å²) >= 11 is 1.39. The van der Waals surface area contributed by atoms with Crippen molar-refractivity contribution in [1.29, 1.82) is 0 Å². The number of hydrogen-bond donors (Lipinski definition) is 1. The average Bonchev–Trinajstić information content (AvgIpc) is 3.34. The second-order valence-electron chi connectivity index (χ2n) is 7.78. The fourth-order valence-corrected chi connectivity index (χ4v) is 5.02. The van der Waals surface area contributed by atoms with E-state index in [0.29, 0.717) is 30.4 Å². The molecule has 2 aromatic rings. The van der Waals surface area contributed by atoms with Crippen LogP contribution in [0.2, 0.25) is 0 Å². The molecule has 4 rings (SSSR count). The van der Waals surface area contributed by atoms with Gasteiger partial charge in [-0.2, -0.15) is 0 Å². The lowest BCUT2D eigenvalue weighted by atomic mass is 9.86. The van der Waals surface area contributed by atoms with Gasteiger partial charge in [0.2, 0.25) is 16.9 Å². The highest BCUT2D eigenvalue weighted by Crippen LogP contribution is 2.34. The quantitative estimate of drug-likeness (QED) is 0.785. The Hall–Kier alpha value is -2.28. The largest absolute Gasteiger partial charge is 0.312 e. The number of nitrogens with one attached hydrogen (secondary N) is 1. The first-order chi connectivity index (χ1) is 13.7. The van der Waals surface area contributed by atoms with E-state index in [9.17, 15) is 9.59 Å². The van der Waals surface area contributed by atoms with E-state index in [-0.39, 0.29) is 17.7 Å². The van der Waals surface area contributed by atoms with Crippen LogP contribution in [0.25, 0.3) is 0 Å². The summed E-state index contributed by atoms with van der Waals surface area (Å²) in [4.78, 5) is 26.4. The zero-order valence-corrected chi connectivity index (χ0v) is 16.8. The predicted molar refractivity (Wildman–Crippen MR) is 111 cm³/mol. The van der Waals surface area contributed by atoms with E-state index in [1.54, 1.807) is 4.90 Å². The van der Waals surface area contributed by atoms with E-state index >= 15 is 0 Å². The molecule has 1 atom stereocenters. The molecule has 2 heterocycles. The van der Waals surface area contributed by atoms with Crippen molar-refractivity contribution in [3.8, 4) is 0 Å². The minimum absolute atomic E-state index is 0.0154. The number of amides is 2. The summed E-state index contributed by atoms with van der Waals surface area (Å²) in [6.45, 7) is 0.604. The van der Waals surface area contributed by atoms with Crippen LogP contribution in [0.5, 0.6) is 0 Å². The number of aromatic nitrogens is 2. The van der Waals surface area contributed by atoms with Gasteiger partial charge in [-0.3, -0.25) is 9.59 Å². The second kappa shape index (κ2) is 8.82. The summed E-state index contributed by atoms with van der Waals surface area (Å²) in [5.74, 6) is 0.835. The molecule has 1 N–H and O–H groups in total. The Morgan fingerprint density at radius 1 is 1.14 bits per heavy atom. The molecule has 6 nitrogen and oxygen atoms in total. The molecule has 0 radical (unpaired) electrons. The second-order valence-corrected chi connectivity index (χ2v) is 8.79. The van der Waals surface area contributed by atoms with Crippen LogP contribution in [0.4, 0.5) is 10.8 Å². The average molecular weight is 399 g/mol. The first-order valence-electron chi connectivity index (χ1n) is 10.2. The van der Waals surface area contributed by atoms with Crippen molar-refractivity contribution < 1.29 is 9.59 Å². The molecule has 1 aliphatic heterocycles. The zero-order chi connectivity index (χ0) is 19.3. The molecular formula is C21H26N4O2S. The molecule has 28 heavy (non-hydrogen) atoms. The fourth-order valence-electron chi connectivity index (χ4n) is 4.17. The minimum Gasteiger partial charge on any atom is -0.312 e. The van der Waals surface area contributed by atoms with Crippen molar-refractivity contribution in [1.82, 2.24) is 10.2 Å². The Labute approximate surface area is 169 Å². The standard InChI is InChI=1S/C21H26N4O2S/c26-18(12-11-15-7-3-1-4-8-15)22-21-24-23-20(28-21)16-13-19(27)25(14-16)17-9-5-2-6-10-17/h2,5-6,9-10,15-16H,1,3-4,7-8,11-14H2,(H,22,24,26)/t16-/m0/s1. The smallest absolute Gasteiger partial charge is 0.227 e. The summed E-state index contributed by atoms with van der Waals surface area (Å²) < 4.78 is 0. The van der Waals surface area contributed by atoms with Crippen LogP contribution in [-0.2, 0) is 9.59 Å². The highest BCUT2D eigenvalue weighted by atomic mass is 32.1. The number of carbonyl (C=O) groups is 2. The van der Waals surface area contributed by atoms with Crippen LogP contribution in [0.15, 0.2) is 30.3 Å². The Bertz CT molecular complexity index is 817. The Morgan fingerprint density at radius 2 is 1.93 bits per heavy atom. The van der Waals surface area contributed by atoms with Crippen LogP contribution in [0, 0.1) is 5.92 Å². The van der Waals surface area contributed by atoms with Crippen molar-refractivity contribution in [3.63, 3.8) is 0 Å². The van der Waals surface area contributed by atoms with Crippen molar-refractivity contribution >= 4 is 34.0 Å². The summed E-state index contributed by atoms with van der Waals surface area (Å²) in [5, 5.41) is 12.6. The van der Waals surface area contributed by atoms with E-state index in [2.05, 4.69) is 15.5 Å². The van der Waals surface area contributed by atoms with E-state index in [4.69, 9.17) is 0 Å². The van der Waals surface area contributed by atoms with Gasteiger partial charge in [0.05, 0.1) is 0 Å². The summed E-state index contributed by atoms with van der Waals surface area (Å²) in [7, 11) is 0. The molecule has 1 saturated carbocycles. The van der Waals surface area contributed by atoms with Crippen molar-refractivity contribution in [2.24, 2.45) is 5.92 Å². The molecule has 2 fully saturated rings. The summed E-state index contributed by atoms with van der Waals surface area (Å²) in [6.07, 6.45) is 8.37. The topological polar surface area (TPSA) is 75.2 Å². The number of rotatable bonds is 6. The molecule has 0 unspecified atom stereocenters. The number of nitrogens with zero attached hydrogens (tertiary/aromatic N) is 3. The first-order valence-corrected chi connectivity index (χ1v) is 11.0. The number of para-hydroxylation sites is 1. The van der Waals surface area contributed by atoms with Gasteiger partial charge < -0.3 is 10.2 Å². The molecule has 0 spiro atoms. The molecule has 0 bridgehead atoms. The van der Waals surface area contributed by atoms with Gasteiger partial charge in [-0.1, -0.05) is 61.6 Å². The lowest BCUT2D eigenvalue weighted by Gasteiger charge is -2.20. The zero-order valence-electron chi connectivity index (χ0n) is 16.0. The molecular weight excluding hydrogens is 372 g/mol. The van der Waals surface area contributed by atoms with E-state index in [1.165, 1.54) is 43.4 Å². The van der Waals surface area contributed by atoms with Crippen LogP contribution in [0.1, 0.15) is 62.3 Å². The fraction of sp³-hybridized carbons (Fsp3) is 0.524. The van der Waals surface area contributed by atoms with Crippen molar-refractivity contribution in [2.45, 2.75) is 57.3 Å². The van der Waals surface area contributed by atoms with Crippen LogP contribution >= 0.6 is 11.3 Å². The van der Waals surface area contributed by atoms with Gasteiger partial charge in [0.25, 0.3) is 0 Å². The predicted octanol–water partition coefficient (Wildman–Crippen LogP) is 4.36. The number of hydrogen-bond acceptors (Lipinski definition) is 5. The van der Waals surface area contributed by atoms with Gasteiger partial charge in [-0.05, 0) is 24.5 Å². The van der Waals surface area contributed by atoms with Gasteiger partial charge >= 0.3 is 0 Å². The van der Waals surface area contributed by atoms with Crippen LogP contribution < -0.4 is 10.2 Å². The van der Waals surface area contributed by atoms with Crippen LogP contribution in [0.3, 0.4) is 0 Å². The third-order valence-corrected chi connectivity index (χ3v) is 6.73. The Morgan fingerprint density at radius 3 is 2.71 bits per heavy atom.